The normalized spacial score (nSPS) is 13.4. The minimum Gasteiger partial charge on any atom is -0.497 e. The molecule has 20 heavy (non-hydrogen) atoms. The van der Waals surface area contributed by atoms with Crippen molar-refractivity contribution in [2.45, 2.75) is 46.1 Å². The van der Waals surface area contributed by atoms with Crippen LogP contribution in [0.25, 0.3) is 0 Å². The fourth-order valence-corrected chi connectivity index (χ4v) is 2.14. The number of nitrogens with one attached hydrogen (secondary N) is 1. The highest BCUT2D eigenvalue weighted by Crippen LogP contribution is 2.34. The lowest BCUT2D eigenvalue weighted by molar-refractivity contribution is 0.233. The number of rotatable bonds is 6. The van der Waals surface area contributed by atoms with Gasteiger partial charge in [0.1, 0.15) is 18.1 Å². The first-order valence-electron chi connectivity index (χ1n) is 7.28. The van der Waals surface area contributed by atoms with Crippen LogP contribution in [0, 0.1) is 5.92 Å². The molecule has 3 nitrogen and oxygen atoms in total. The number of hydrogen-bond donors (Lipinski definition) is 1. The monoisotopic (exact) mass is 279 g/mol. The van der Waals surface area contributed by atoms with Gasteiger partial charge in [-0.2, -0.15) is 0 Å². The van der Waals surface area contributed by atoms with Gasteiger partial charge in [-0.1, -0.05) is 34.6 Å². The first-order chi connectivity index (χ1) is 9.29. The Morgan fingerprint density at radius 3 is 2.30 bits per heavy atom. The van der Waals surface area contributed by atoms with Gasteiger partial charge in [-0.15, -0.1) is 0 Å². The second-order valence-electron chi connectivity index (χ2n) is 6.56. The molecule has 0 aromatic heterocycles. The molecule has 0 aliphatic rings. The minimum absolute atomic E-state index is 0.0246. The van der Waals surface area contributed by atoms with E-state index in [2.05, 4.69) is 46.0 Å². The van der Waals surface area contributed by atoms with E-state index in [-0.39, 0.29) is 5.41 Å². The maximum atomic E-state index is 6.06. The summed E-state index contributed by atoms with van der Waals surface area (Å²) < 4.78 is 11.4. The molecule has 0 saturated heterocycles. The van der Waals surface area contributed by atoms with Crippen molar-refractivity contribution in [1.29, 1.82) is 0 Å². The molecule has 0 saturated carbocycles. The van der Waals surface area contributed by atoms with E-state index < -0.39 is 0 Å². The molecule has 0 fully saturated rings. The van der Waals surface area contributed by atoms with E-state index in [4.69, 9.17) is 9.47 Å². The van der Waals surface area contributed by atoms with Crippen molar-refractivity contribution in [1.82, 2.24) is 5.32 Å². The van der Waals surface area contributed by atoms with Gasteiger partial charge in [0.2, 0.25) is 0 Å². The molecule has 0 aliphatic carbocycles. The van der Waals surface area contributed by atoms with Gasteiger partial charge in [-0.3, -0.25) is 0 Å². The summed E-state index contributed by atoms with van der Waals surface area (Å²) in [5.74, 6) is 2.35. The van der Waals surface area contributed by atoms with Crippen LogP contribution in [0.1, 0.15) is 40.2 Å². The van der Waals surface area contributed by atoms with E-state index in [1.807, 2.05) is 19.2 Å². The Morgan fingerprint density at radius 2 is 1.85 bits per heavy atom. The molecule has 0 aliphatic heterocycles. The van der Waals surface area contributed by atoms with Crippen molar-refractivity contribution in [3.8, 4) is 11.5 Å². The molecule has 0 amide bonds. The van der Waals surface area contributed by atoms with Crippen molar-refractivity contribution >= 4 is 0 Å². The first-order valence-corrected chi connectivity index (χ1v) is 7.28. The number of hydrogen-bond acceptors (Lipinski definition) is 3. The first kappa shape index (κ1) is 16.8. The van der Waals surface area contributed by atoms with Gasteiger partial charge < -0.3 is 14.8 Å². The van der Waals surface area contributed by atoms with Gasteiger partial charge in [-0.05, 0) is 36.6 Å². The van der Waals surface area contributed by atoms with Crippen LogP contribution in [0.2, 0.25) is 0 Å². The summed E-state index contributed by atoms with van der Waals surface area (Å²) in [5.41, 5.74) is 1.20. The van der Waals surface area contributed by atoms with E-state index in [0.29, 0.717) is 18.6 Å². The second kappa shape index (κ2) is 6.98. The highest BCUT2D eigenvalue weighted by Gasteiger charge is 2.21. The van der Waals surface area contributed by atoms with E-state index >= 15 is 0 Å². The second-order valence-corrected chi connectivity index (χ2v) is 6.56. The van der Waals surface area contributed by atoms with Gasteiger partial charge in [0.05, 0.1) is 7.11 Å². The predicted molar refractivity (Wildman–Crippen MR) is 84.9 cm³/mol. The SMILES string of the molecule is CNC(COc1ccc(OC)cc1C(C)(C)C)C(C)C. The molecule has 0 bridgehead atoms. The Kier molecular flexibility index (Phi) is 5.88. The third-order valence-electron chi connectivity index (χ3n) is 3.59. The Balaban J connectivity index is 2.94. The van der Waals surface area contributed by atoms with Crippen LogP contribution in [0.15, 0.2) is 18.2 Å². The summed E-state index contributed by atoms with van der Waals surface area (Å²) in [6, 6.07) is 6.38. The Labute approximate surface area is 123 Å². The molecule has 1 aromatic rings. The van der Waals surface area contributed by atoms with E-state index in [0.717, 1.165) is 11.5 Å². The van der Waals surface area contributed by atoms with Crippen molar-refractivity contribution < 1.29 is 9.47 Å². The summed E-state index contributed by atoms with van der Waals surface area (Å²) in [6.07, 6.45) is 0. The molecule has 0 spiro atoms. The Morgan fingerprint density at radius 1 is 1.20 bits per heavy atom. The zero-order chi connectivity index (χ0) is 15.3. The standard InChI is InChI=1S/C17H29NO2/c1-12(2)15(18-6)11-20-16-9-8-13(19-7)10-14(16)17(3,4)5/h8-10,12,15,18H,11H2,1-7H3. The lowest BCUT2D eigenvalue weighted by Crippen LogP contribution is -2.36. The summed E-state index contributed by atoms with van der Waals surface area (Å²) in [4.78, 5) is 0. The average molecular weight is 279 g/mol. The average Bonchev–Trinajstić information content (AvgIpc) is 2.38. The Bertz CT molecular complexity index is 421. The Hall–Kier alpha value is -1.22. The van der Waals surface area contributed by atoms with Crippen LogP contribution < -0.4 is 14.8 Å². The van der Waals surface area contributed by atoms with Crippen LogP contribution in [0.5, 0.6) is 11.5 Å². The van der Waals surface area contributed by atoms with Gasteiger partial charge >= 0.3 is 0 Å². The van der Waals surface area contributed by atoms with Crippen molar-refractivity contribution in [2.24, 2.45) is 5.92 Å². The summed E-state index contributed by atoms with van der Waals surface area (Å²) >= 11 is 0. The number of benzene rings is 1. The molecule has 114 valence electrons. The minimum atomic E-state index is 0.0246. The topological polar surface area (TPSA) is 30.5 Å². The molecule has 1 rings (SSSR count). The molecule has 0 heterocycles. The third-order valence-corrected chi connectivity index (χ3v) is 3.59. The molecule has 1 N–H and O–H groups in total. The number of likely N-dealkylation sites (N-methyl/N-ethyl adjacent to an activating group) is 1. The van der Waals surface area contributed by atoms with E-state index in [1.54, 1.807) is 7.11 Å². The molecule has 1 aromatic carbocycles. The smallest absolute Gasteiger partial charge is 0.123 e. The maximum absolute atomic E-state index is 6.06. The van der Waals surface area contributed by atoms with E-state index in [9.17, 15) is 0 Å². The molecule has 1 atom stereocenters. The maximum Gasteiger partial charge on any atom is 0.123 e. The van der Waals surface area contributed by atoms with Crippen LogP contribution >= 0.6 is 0 Å². The highest BCUT2D eigenvalue weighted by atomic mass is 16.5. The third kappa shape index (κ3) is 4.41. The van der Waals surface area contributed by atoms with Gasteiger partial charge in [0, 0.05) is 11.6 Å². The molecular weight excluding hydrogens is 250 g/mol. The quantitative estimate of drug-likeness (QED) is 0.863. The highest BCUT2D eigenvalue weighted by molar-refractivity contribution is 5.44. The molecule has 1 unspecified atom stereocenters. The van der Waals surface area contributed by atoms with Gasteiger partial charge in [0.25, 0.3) is 0 Å². The fraction of sp³-hybridized carbons (Fsp3) is 0.647. The zero-order valence-electron chi connectivity index (χ0n) is 13.9. The van der Waals surface area contributed by atoms with Crippen LogP contribution in [-0.2, 0) is 5.41 Å². The molecular formula is C17H29NO2. The summed E-state index contributed by atoms with van der Waals surface area (Å²) in [7, 11) is 3.67. The van der Waals surface area contributed by atoms with Crippen molar-refractivity contribution in [2.75, 3.05) is 20.8 Å². The molecule has 0 radical (unpaired) electrons. The van der Waals surface area contributed by atoms with Gasteiger partial charge in [0.15, 0.2) is 0 Å². The van der Waals surface area contributed by atoms with Crippen molar-refractivity contribution in [3.05, 3.63) is 23.8 Å². The predicted octanol–water partition coefficient (Wildman–Crippen LogP) is 3.62. The zero-order valence-corrected chi connectivity index (χ0v) is 13.9. The van der Waals surface area contributed by atoms with E-state index in [1.165, 1.54) is 5.56 Å². The largest absolute Gasteiger partial charge is 0.497 e. The van der Waals surface area contributed by atoms with Gasteiger partial charge in [-0.25, -0.2) is 0 Å². The number of methoxy groups -OCH3 is 1. The van der Waals surface area contributed by atoms with Crippen molar-refractivity contribution in [3.63, 3.8) is 0 Å². The lowest BCUT2D eigenvalue weighted by atomic mass is 9.86. The van der Waals surface area contributed by atoms with Crippen LogP contribution in [-0.4, -0.2) is 26.8 Å². The fourth-order valence-electron chi connectivity index (χ4n) is 2.14. The molecule has 3 heteroatoms. The number of ether oxygens (including phenoxy) is 2. The lowest BCUT2D eigenvalue weighted by Gasteiger charge is -2.26. The summed E-state index contributed by atoms with van der Waals surface area (Å²) in [5, 5.41) is 3.30. The van der Waals surface area contributed by atoms with Crippen LogP contribution in [0.3, 0.4) is 0 Å². The summed E-state index contributed by atoms with van der Waals surface area (Å²) in [6.45, 7) is 11.6. The van der Waals surface area contributed by atoms with Crippen LogP contribution in [0.4, 0.5) is 0 Å².